The Labute approximate surface area is 141 Å². The van der Waals surface area contributed by atoms with E-state index in [1.165, 1.54) is 58.2 Å². The summed E-state index contributed by atoms with van der Waals surface area (Å²) in [4.78, 5) is 17.0. The van der Waals surface area contributed by atoms with Crippen molar-refractivity contribution in [3.63, 3.8) is 0 Å². The lowest BCUT2D eigenvalue weighted by molar-refractivity contribution is -0.127. The number of carbonyl (C=O) groups excluding carboxylic acids is 1. The van der Waals surface area contributed by atoms with Crippen LogP contribution < -0.4 is 5.32 Å². The van der Waals surface area contributed by atoms with E-state index < -0.39 is 0 Å². The number of likely N-dealkylation sites (tertiary alicyclic amines) is 1. The zero-order valence-electron chi connectivity index (χ0n) is 14.9. The van der Waals surface area contributed by atoms with Crippen molar-refractivity contribution in [3.8, 4) is 0 Å². The van der Waals surface area contributed by atoms with Crippen LogP contribution in [0.5, 0.6) is 0 Å². The number of hydrogen-bond donors (Lipinski definition) is 1. The van der Waals surface area contributed by atoms with Crippen LogP contribution in [0.25, 0.3) is 0 Å². The number of amides is 1. The second-order valence-electron chi connectivity index (χ2n) is 6.93. The lowest BCUT2D eigenvalue weighted by Crippen LogP contribution is -2.49. The molecule has 0 saturated carbocycles. The maximum absolute atomic E-state index is 12.2. The van der Waals surface area contributed by atoms with Crippen LogP contribution in [0.15, 0.2) is 0 Å². The standard InChI is InChI=1S/C18H35N3O2/c1-17(21-13-15-23-16-14-21)18(22)19-9-5-4-8-12-20-10-6-2-3-7-11-20/h17H,2-16H2,1H3,(H,19,22). The third-order valence-corrected chi connectivity index (χ3v) is 5.12. The minimum Gasteiger partial charge on any atom is -0.379 e. The Morgan fingerprint density at radius 2 is 1.70 bits per heavy atom. The van der Waals surface area contributed by atoms with Gasteiger partial charge in [-0.15, -0.1) is 0 Å². The summed E-state index contributed by atoms with van der Waals surface area (Å²) in [7, 11) is 0. The van der Waals surface area contributed by atoms with Gasteiger partial charge in [-0.05, 0) is 52.2 Å². The van der Waals surface area contributed by atoms with Gasteiger partial charge in [0.1, 0.15) is 0 Å². The van der Waals surface area contributed by atoms with E-state index in [0.717, 1.165) is 39.3 Å². The molecule has 0 bridgehead atoms. The van der Waals surface area contributed by atoms with Gasteiger partial charge in [0.2, 0.25) is 5.91 Å². The summed E-state index contributed by atoms with van der Waals surface area (Å²) in [5, 5.41) is 3.09. The maximum atomic E-state index is 12.2. The average Bonchev–Trinajstić information content (AvgIpc) is 2.86. The molecule has 2 aliphatic heterocycles. The van der Waals surface area contributed by atoms with E-state index in [1.54, 1.807) is 0 Å². The number of morpholine rings is 1. The molecule has 2 heterocycles. The quantitative estimate of drug-likeness (QED) is 0.692. The van der Waals surface area contributed by atoms with E-state index >= 15 is 0 Å². The van der Waals surface area contributed by atoms with Crippen molar-refractivity contribution >= 4 is 5.91 Å². The normalized spacial score (nSPS) is 22.5. The molecule has 0 aliphatic carbocycles. The monoisotopic (exact) mass is 325 g/mol. The van der Waals surface area contributed by atoms with Gasteiger partial charge < -0.3 is 15.0 Å². The van der Waals surface area contributed by atoms with Crippen LogP contribution in [0, 0.1) is 0 Å². The van der Waals surface area contributed by atoms with Crippen LogP contribution >= 0.6 is 0 Å². The first-order valence-electron chi connectivity index (χ1n) is 9.59. The van der Waals surface area contributed by atoms with Gasteiger partial charge in [0.05, 0.1) is 19.3 Å². The van der Waals surface area contributed by atoms with Gasteiger partial charge in [-0.3, -0.25) is 9.69 Å². The minimum atomic E-state index is -0.0315. The molecule has 134 valence electrons. The summed E-state index contributed by atoms with van der Waals surface area (Å²) in [6, 6.07) is -0.0315. The summed E-state index contributed by atoms with van der Waals surface area (Å²) < 4.78 is 5.34. The zero-order chi connectivity index (χ0) is 16.3. The first-order chi connectivity index (χ1) is 11.3. The molecule has 1 N–H and O–H groups in total. The molecule has 5 nitrogen and oxygen atoms in total. The fourth-order valence-electron chi connectivity index (χ4n) is 3.49. The maximum Gasteiger partial charge on any atom is 0.237 e. The predicted molar refractivity (Wildman–Crippen MR) is 93.6 cm³/mol. The Morgan fingerprint density at radius 1 is 1.00 bits per heavy atom. The molecule has 0 aromatic rings. The second-order valence-corrected chi connectivity index (χ2v) is 6.93. The predicted octanol–water partition coefficient (Wildman–Crippen LogP) is 1.87. The van der Waals surface area contributed by atoms with Crippen molar-refractivity contribution in [2.24, 2.45) is 0 Å². The summed E-state index contributed by atoms with van der Waals surface area (Å²) in [5.41, 5.74) is 0. The van der Waals surface area contributed by atoms with Crippen molar-refractivity contribution in [2.45, 2.75) is 57.9 Å². The Bertz CT molecular complexity index is 324. The molecule has 2 rings (SSSR count). The molecule has 0 aromatic carbocycles. The smallest absolute Gasteiger partial charge is 0.237 e. The zero-order valence-corrected chi connectivity index (χ0v) is 14.9. The lowest BCUT2D eigenvalue weighted by Gasteiger charge is -2.31. The molecule has 0 spiro atoms. The number of carbonyl (C=O) groups is 1. The number of rotatable bonds is 8. The highest BCUT2D eigenvalue weighted by Gasteiger charge is 2.22. The molecule has 23 heavy (non-hydrogen) atoms. The van der Waals surface area contributed by atoms with E-state index in [9.17, 15) is 4.79 Å². The molecular formula is C18H35N3O2. The molecule has 2 aliphatic rings. The van der Waals surface area contributed by atoms with Gasteiger partial charge in [-0.2, -0.15) is 0 Å². The number of nitrogens with zero attached hydrogens (tertiary/aromatic N) is 2. The number of hydrogen-bond acceptors (Lipinski definition) is 4. The van der Waals surface area contributed by atoms with Crippen molar-refractivity contribution in [2.75, 3.05) is 52.5 Å². The van der Waals surface area contributed by atoms with Gasteiger partial charge in [0, 0.05) is 19.6 Å². The SMILES string of the molecule is CC(C(=O)NCCCCCN1CCCCCC1)N1CCOCC1. The Kier molecular flexibility index (Phi) is 8.94. The summed E-state index contributed by atoms with van der Waals surface area (Å²) >= 11 is 0. The highest BCUT2D eigenvalue weighted by Crippen LogP contribution is 2.10. The van der Waals surface area contributed by atoms with E-state index in [-0.39, 0.29) is 11.9 Å². The van der Waals surface area contributed by atoms with Crippen LogP contribution in [0.2, 0.25) is 0 Å². The minimum absolute atomic E-state index is 0.0315. The van der Waals surface area contributed by atoms with Crippen LogP contribution in [0.1, 0.15) is 51.9 Å². The van der Waals surface area contributed by atoms with E-state index in [0.29, 0.717) is 0 Å². The number of unbranched alkanes of at least 4 members (excludes halogenated alkanes) is 2. The fourth-order valence-corrected chi connectivity index (χ4v) is 3.49. The summed E-state index contributed by atoms with van der Waals surface area (Å²) in [5.74, 6) is 0.166. The lowest BCUT2D eigenvalue weighted by atomic mass is 10.2. The summed E-state index contributed by atoms with van der Waals surface area (Å²) in [6.45, 7) is 9.84. The number of nitrogens with one attached hydrogen (secondary N) is 1. The molecule has 2 fully saturated rings. The van der Waals surface area contributed by atoms with Crippen LogP contribution in [-0.2, 0) is 9.53 Å². The van der Waals surface area contributed by atoms with Crippen molar-refractivity contribution in [3.05, 3.63) is 0 Å². The first-order valence-corrected chi connectivity index (χ1v) is 9.59. The van der Waals surface area contributed by atoms with Crippen molar-refractivity contribution < 1.29 is 9.53 Å². The molecule has 5 heteroatoms. The van der Waals surface area contributed by atoms with Crippen molar-refractivity contribution in [1.29, 1.82) is 0 Å². The van der Waals surface area contributed by atoms with E-state index in [2.05, 4.69) is 15.1 Å². The first kappa shape index (κ1) is 18.7. The van der Waals surface area contributed by atoms with Gasteiger partial charge >= 0.3 is 0 Å². The average molecular weight is 325 g/mol. The second kappa shape index (κ2) is 11.0. The Balaban J connectivity index is 1.48. The molecule has 0 aromatic heterocycles. The van der Waals surface area contributed by atoms with Crippen LogP contribution in [0.4, 0.5) is 0 Å². The molecule has 1 unspecified atom stereocenters. The van der Waals surface area contributed by atoms with Crippen molar-refractivity contribution in [1.82, 2.24) is 15.1 Å². The largest absolute Gasteiger partial charge is 0.379 e. The van der Waals surface area contributed by atoms with Gasteiger partial charge in [0.25, 0.3) is 0 Å². The van der Waals surface area contributed by atoms with Crippen LogP contribution in [-0.4, -0.2) is 74.2 Å². The molecule has 1 atom stereocenters. The third kappa shape index (κ3) is 7.19. The highest BCUT2D eigenvalue weighted by molar-refractivity contribution is 5.81. The van der Waals surface area contributed by atoms with Gasteiger partial charge in [0.15, 0.2) is 0 Å². The third-order valence-electron chi connectivity index (χ3n) is 5.12. The van der Waals surface area contributed by atoms with E-state index in [1.807, 2.05) is 6.92 Å². The molecule has 0 radical (unpaired) electrons. The highest BCUT2D eigenvalue weighted by atomic mass is 16.5. The van der Waals surface area contributed by atoms with E-state index in [4.69, 9.17) is 4.74 Å². The number of ether oxygens (including phenoxy) is 1. The Morgan fingerprint density at radius 3 is 2.39 bits per heavy atom. The van der Waals surface area contributed by atoms with Gasteiger partial charge in [-0.25, -0.2) is 0 Å². The van der Waals surface area contributed by atoms with Gasteiger partial charge in [-0.1, -0.05) is 19.3 Å². The molecular weight excluding hydrogens is 290 g/mol. The van der Waals surface area contributed by atoms with Crippen LogP contribution in [0.3, 0.4) is 0 Å². The molecule has 1 amide bonds. The summed E-state index contributed by atoms with van der Waals surface area (Å²) in [6.07, 6.45) is 9.12. The Hall–Kier alpha value is -0.650. The fraction of sp³-hybridized carbons (Fsp3) is 0.944. The molecule has 2 saturated heterocycles. The topological polar surface area (TPSA) is 44.8 Å².